The number of nitrogens with one attached hydrogen (secondary N) is 1. The number of hydrogen-bond acceptors (Lipinski definition) is 4. The number of hydrogen-bond donors (Lipinski definition) is 2. The van der Waals surface area contributed by atoms with Crippen molar-refractivity contribution in [3.05, 3.63) is 12.4 Å². The summed E-state index contributed by atoms with van der Waals surface area (Å²) < 4.78 is 23.5. The lowest BCUT2D eigenvalue weighted by Crippen LogP contribution is -2.24. The topological polar surface area (TPSA) is 90.0 Å². The van der Waals surface area contributed by atoms with Crippen molar-refractivity contribution in [3.8, 4) is 0 Å². The first-order valence-electron chi connectivity index (χ1n) is 5.18. The minimum absolute atomic E-state index is 0.0596. The van der Waals surface area contributed by atoms with Gasteiger partial charge in [0.2, 0.25) is 10.0 Å². The second-order valence-corrected chi connectivity index (χ2v) is 5.51. The van der Waals surface area contributed by atoms with Gasteiger partial charge < -0.3 is 5.32 Å². The van der Waals surface area contributed by atoms with Crippen LogP contribution < -0.4 is 10.5 Å². The van der Waals surface area contributed by atoms with Crippen molar-refractivity contribution in [1.29, 1.82) is 0 Å². The van der Waals surface area contributed by atoms with Crippen LogP contribution in [0.2, 0.25) is 0 Å². The Kier molecular flexibility index (Phi) is 4.45. The molecule has 0 unspecified atom stereocenters. The van der Waals surface area contributed by atoms with Gasteiger partial charge >= 0.3 is 0 Å². The van der Waals surface area contributed by atoms with Gasteiger partial charge in [-0.2, -0.15) is 5.10 Å². The van der Waals surface area contributed by atoms with E-state index in [1.807, 2.05) is 0 Å². The van der Waals surface area contributed by atoms with E-state index in [-0.39, 0.29) is 4.90 Å². The molecule has 1 rings (SSSR count). The zero-order valence-corrected chi connectivity index (χ0v) is 10.4. The summed E-state index contributed by atoms with van der Waals surface area (Å²) in [5.41, 5.74) is 0. The number of aromatic nitrogens is 2. The Bertz CT molecular complexity index is 424. The molecule has 1 aromatic rings. The second-order valence-electron chi connectivity index (χ2n) is 3.95. The Morgan fingerprint density at radius 1 is 1.56 bits per heavy atom. The van der Waals surface area contributed by atoms with E-state index < -0.39 is 10.0 Å². The van der Waals surface area contributed by atoms with Crippen molar-refractivity contribution in [2.45, 2.75) is 37.8 Å². The molecule has 7 heteroatoms. The quantitative estimate of drug-likeness (QED) is 0.687. The number of aryl methyl sites for hydroxylation is 1. The van der Waals surface area contributed by atoms with Crippen LogP contribution in [0.3, 0.4) is 0 Å². The van der Waals surface area contributed by atoms with Gasteiger partial charge in [-0.05, 0) is 13.0 Å². The highest BCUT2D eigenvalue weighted by Crippen LogP contribution is 2.04. The maximum atomic E-state index is 11.0. The number of sulfonamides is 1. The molecule has 92 valence electrons. The van der Waals surface area contributed by atoms with Crippen LogP contribution in [0.5, 0.6) is 0 Å². The summed E-state index contributed by atoms with van der Waals surface area (Å²) in [5.74, 6) is 0. The van der Waals surface area contributed by atoms with Crippen LogP contribution in [0.1, 0.15) is 20.3 Å². The fourth-order valence-electron chi connectivity index (χ4n) is 1.25. The largest absolute Gasteiger partial charge is 0.314 e. The lowest BCUT2D eigenvalue weighted by Gasteiger charge is -2.07. The Labute approximate surface area is 95.9 Å². The van der Waals surface area contributed by atoms with Crippen LogP contribution in [0.15, 0.2) is 17.3 Å². The molecule has 0 aromatic carbocycles. The standard InChI is InChI=1S/C9H18N4O2S/c1-8(2)11-4-3-5-13-7-9(6-12-13)16(10,14)15/h6-8,11H,3-5H2,1-2H3,(H2,10,14,15). The van der Waals surface area contributed by atoms with Gasteiger partial charge in [0.25, 0.3) is 0 Å². The molecule has 0 bridgehead atoms. The van der Waals surface area contributed by atoms with Crippen LogP contribution in [-0.2, 0) is 16.6 Å². The summed E-state index contributed by atoms with van der Waals surface area (Å²) >= 11 is 0. The lowest BCUT2D eigenvalue weighted by atomic mass is 10.3. The molecule has 0 atom stereocenters. The normalized spacial score (nSPS) is 12.2. The number of nitrogens with zero attached hydrogens (tertiary/aromatic N) is 2. The number of nitrogens with two attached hydrogens (primary N) is 1. The van der Waals surface area contributed by atoms with Crippen molar-refractivity contribution >= 4 is 10.0 Å². The van der Waals surface area contributed by atoms with E-state index >= 15 is 0 Å². The summed E-state index contributed by atoms with van der Waals surface area (Å²) in [6.07, 6.45) is 3.61. The van der Waals surface area contributed by atoms with E-state index in [0.717, 1.165) is 13.0 Å². The second kappa shape index (κ2) is 5.42. The van der Waals surface area contributed by atoms with Crippen LogP contribution >= 0.6 is 0 Å². The molecule has 0 aliphatic carbocycles. The highest BCUT2D eigenvalue weighted by molar-refractivity contribution is 7.89. The van der Waals surface area contributed by atoms with E-state index in [0.29, 0.717) is 12.6 Å². The predicted octanol–water partition coefficient (Wildman–Crippen LogP) is -0.0814. The molecule has 0 saturated heterocycles. The molecule has 6 nitrogen and oxygen atoms in total. The van der Waals surface area contributed by atoms with Crippen LogP contribution in [0.25, 0.3) is 0 Å². The van der Waals surface area contributed by atoms with Crippen molar-refractivity contribution in [3.63, 3.8) is 0 Å². The molecule has 3 N–H and O–H groups in total. The molecule has 16 heavy (non-hydrogen) atoms. The molecule has 1 heterocycles. The van der Waals surface area contributed by atoms with E-state index in [2.05, 4.69) is 24.3 Å². The smallest absolute Gasteiger partial charge is 0.241 e. The molecule has 0 spiro atoms. The van der Waals surface area contributed by atoms with Gasteiger partial charge in [0.15, 0.2) is 0 Å². The SMILES string of the molecule is CC(C)NCCCn1cc(S(N)(=O)=O)cn1. The van der Waals surface area contributed by atoms with Crippen LogP contribution in [0, 0.1) is 0 Å². The van der Waals surface area contributed by atoms with Crippen molar-refractivity contribution in [1.82, 2.24) is 15.1 Å². The fourth-order valence-corrected chi connectivity index (χ4v) is 1.71. The molecule has 0 radical (unpaired) electrons. The van der Waals surface area contributed by atoms with Gasteiger partial charge in [-0.25, -0.2) is 13.6 Å². The fraction of sp³-hybridized carbons (Fsp3) is 0.667. The van der Waals surface area contributed by atoms with E-state index in [9.17, 15) is 8.42 Å². The summed E-state index contributed by atoms with van der Waals surface area (Å²) in [6, 6.07) is 0.456. The van der Waals surface area contributed by atoms with Gasteiger partial charge in [0, 0.05) is 18.8 Å². The third kappa shape index (κ3) is 4.30. The average Bonchev–Trinajstić information content (AvgIpc) is 2.59. The van der Waals surface area contributed by atoms with Crippen LogP contribution in [0.4, 0.5) is 0 Å². The molecular formula is C9H18N4O2S. The predicted molar refractivity (Wildman–Crippen MR) is 61.4 cm³/mol. The minimum Gasteiger partial charge on any atom is -0.314 e. The third-order valence-electron chi connectivity index (χ3n) is 2.05. The Morgan fingerprint density at radius 2 is 2.25 bits per heavy atom. The first kappa shape index (κ1) is 13.1. The zero-order valence-electron chi connectivity index (χ0n) is 9.55. The molecule has 0 amide bonds. The molecule has 0 fully saturated rings. The molecule has 1 aromatic heterocycles. The Morgan fingerprint density at radius 3 is 2.75 bits per heavy atom. The van der Waals surface area contributed by atoms with E-state index in [1.165, 1.54) is 12.4 Å². The molecule has 0 aliphatic heterocycles. The first-order chi connectivity index (χ1) is 7.39. The van der Waals surface area contributed by atoms with Gasteiger partial charge in [0.1, 0.15) is 4.90 Å². The summed E-state index contributed by atoms with van der Waals surface area (Å²) in [4.78, 5) is 0.0596. The Hall–Kier alpha value is -0.920. The maximum Gasteiger partial charge on any atom is 0.241 e. The van der Waals surface area contributed by atoms with E-state index in [1.54, 1.807) is 4.68 Å². The maximum absolute atomic E-state index is 11.0. The summed E-state index contributed by atoms with van der Waals surface area (Å²) in [7, 11) is -3.62. The van der Waals surface area contributed by atoms with Gasteiger partial charge in [-0.1, -0.05) is 13.8 Å². The molecule has 0 aliphatic rings. The third-order valence-corrected chi connectivity index (χ3v) is 2.92. The lowest BCUT2D eigenvalue weighted by molar-refractivity contribution is 0.513. The van der Waals surface area contributed by atoms with Crippen LogP contribution in [-0.4, -0.2) is 30.8 Å². The first-order valence-corrected chi connectivity index (χ1v) is 6.73. The van der Waals surface area contributed by atoms with Gasteiger partial charge in [-0.3, -0.25) is 4.68 Å². The Balaban J connectivity index is 2.42. The minimum atomic E-state index is -3.62. The highest BCUT2D eigenvalue weighted by Gasteiger charge is 2.09. The number of primary sulfonamides is 1. The van der Waals surface area contributed by atoms with E-state index in [4.69, 9.17) is 5.14 Å². The molecule has 0 saturated carbocycles. The zero-order chi connectivity index (χ0) is 12.2. The average molecular weight is 246 g/mol. The number of rotatable bonds is 6. The van der Waals surface area contributed by atoms with Crippen molar-refractivity contribution in [2.24, 2.45) is 5.14 Å². The monoisotopic (exact) mass is 246 g/mol. The summed E-state index contributed by atoms with van der Waals surface area (Å²) in [5, 5.41) is 12.2. The van der Waals surface area contributed by atoms with Gasteiger partial charge in [-0.15, -0.1) is 0 Å². The highest BCUT2D eigenvalue weighted by atomic mass is 32.2. The summed E-state index contributed by atoms with van der Waals surface area (Å²) in [6.45, 7) is 5.71. The van der Waals surface area contributed by atoms with Crippen molar-refractivity contribution < 1.29 is 8.42 Å². The molecular weight excluding hydrogens is 228 g/mol. The van der Waals surface area contributed by atoms with Gasteiger partial charge in [0.05, 0.1) is 6.20 Å². The van der Waals surface area contributed by atoms with Crippen molar-refractivity contribution in [2.75, 3.05) is 6.54 Å².